The van der Waals surface area contributed by atoms with Crippen LogP contribution in [0.25, 0.3) is 11.4 Å². The highest BCUT2D eigenvalue weighted by Crippen LogP contribution is 2.25. The lowest BCUT2D eigenvalue weighted by molar-refractivity contribution is -0.384. The van der Waals surface area contributed by atoms with Crippen LogP contribution in [0.4, 0.5) is 5.69 Å². The standard InChI is InChI=1S/C18H18N4O3S/c1-13-6-3-4-9-16(13)17-19-20-18(21(17)2)26-11-10-25-15-8-5-7-14(12-15)22(23)24/h3-9,12H,10-11H2,1-2H3. The van der Waals surface area contributed by atoms with E-state index in [0.29, 0.717) is 18.1 Å². The highest BCUT2D eigenvalue weighted by Gasteiger charge is 2.13. The molecule has 0 bridgehead atoms. The summed E-state index contributed by atoms with van der Waals surface area (Å²) >= 11 is 1.53. The van der Waals surface area contributed by atoms with Gasteiger partial charge in [-0.15, -0.1) is 10.2 Å². The molecule has 2 aromatic carbocycles. The SMILES string of the molecule is Cc1ccccc1-c1nnc(SCCOc2cccc([N+](=O)[O-])c2)n1C. The minimum absolute atomic E-state index is 0.0197. The molecule has 7 nitrogen and oxygen atoms in total. The lowest BCUT2D eigenvalue weighted by Crippen LogP contribution is -2.02. The number of aromatic nitrogens is 3. The summed E-state index contributed by atoms with van der Waals surface area (Å²) < 4.78 is 7.54. The van der Waals surface area contributed by atoms with Crippen LogP contribution in [0.5, 0.6) is 5.75 Å². The smallest absolute Gasteiger partial charge is 0.273 e. The van der Waals surface area contributed by atoms with Crippen LogP contribution in [-0.2, 0) is 7.05 Å². The second-order valence-corrected chi connectivity index (χ2v) is 6.69. The van der Waals surface area contributed by atoms with Crippen molar-refractivity contribution in [3.63, 3.8) is 0 Å². The van der Waals surface area contributed by atoms with Crippen LogP contribution in [0.1, 0.15) is 5.56 Å². The van der Waals surface area contributed by atoms with Crippen molar-refractivity contribution < 1.29 is 9.66 Å². The van der Waals surface area contributed by atoms with Crippen molar-refractivity contribution in [2.24, 2.45) is 7.05 Å². The summed E-state index contributed by atoms with van der Waals surface area (Å²) in [6.07, 6.45) is 0. The summed E-state index contributed by atoms with van der Waals surface area (Å²) in [6.45, 7) is 2.46. The molecule has 134 valence electrons. The topological polar surface area (TPSA) is 83.1 Å². The lowest BCUT2D eigenvalue weighted by atomic mass is 10.1. The molecule has 0 spiro atoms. The van der Waals surface area contributed by atoms with Crippen molar-refractivity contribution in [2.75, 3.05) is 12.4 Å². The molecule has 26 heavy (non-hydrogen) atoms. The van der Waals surface area contributed by atoms with Gasteiger partial charge in [-0.3, -0.25) is 10.1 Å². The fourth-order valence-corrected chi connectivity index (χ4v) is 3.21. The molecule has 8 heteroatoms. The maximum absolute atomic E-state index is 10.8. The first-order chi connectivity index (χ1) is 12.6. The van der Waals surface area contributed by atoms with Gasteiger partial charge in [-0.25, -0.2) is 0 Å². The lowest BCUT2D eigenvalue weighted by Gasteiger charge is -2.07. The normalized spacial score (nSPS) is 10.7. The Hall–Kier alpha value is -2.87. The van der Waals surface area contributed by atoms with Crippen LogP contribution < -0.4 is 4.74 Å². The van der Waals surface area contributed by atoms with Gasteiger partial charge in [0.05, 0.1) is 17.6 Å². The van der Waals surface area contributed by atoms with E-state index < -0.39 is 4.92 Å². The van der Waals surface area contributed by atoms with Gasteiger partial charge in [0, 0.05) is 24.4 Å². The summed E-state index contributed by atoms with van der Waals surface area (Å²) in [5.41, 5.74) is 2.22. The van der Waals surface area contributed by atoms with E-state index in [1.807, 2.05) is 42.8 Å². The summed E-state index contributed by atoms with van der Waals surface area (Å²) in [5.74, 6) is 1.96. The molecule has 0 unspecified atom stereocenters. The number of non-ortho nitro benzene ring substituents is 1. The largest absolute Gasteiger partial charge is 0.492 e. The molecule has 0 saturated heterocycles. The van der Waals surface area contributed by atoms with E-state index in [1.54, 1.807) is 12.1 Å². The number of ether oxygens (including phenoxy) is 1. The minimum atomic E-state index is -0.436. The van der Waals surface area contributed by atoms with Crippen molar-refractivity contribution in [3.05, 3.63) is 64.2 Å². The van der Waals surface area contributed by atoms with Gasteiger partial charge in [0.15, 0.2) is 11.0 Å². The third-order valence-corrected chi connectivity index (χ3v) is 4.82. The Morgan fingerprint density at radius 3 is 2.77 bits per heavy atom. The molecule has 0 aliphatic carbocycles. The van der Waals surface area contributed by atoms with Crippen molar-refractivity contribution >= 4 is 17.4 Å². The van der Waals surface area contributed by atoms with E-state index in [9.17, 15) is 10.1 Å². The molecular weight excluding hydrogens is 352 g/mol. The van der Waals surface area contributed by atoms with Gasteiger partial charge in [-0.1, -0.05) is 42.1 Å². The second-order valence-electron chi connectivity index (χ2n) is 5.63. The average Bonchev–Trinajstić information content (AvgIpc) is 3.00. The van der Waals surface area contributed by atoms with Gasteiger partial charge in [0.2, 0.25) is 0 Å². The molecule has 0 radical (unpaired) electrons. The van der Waals surface area contributed by atoms with Gasteiger partial charge in [-0.05, 0) is 18.6 Å². The number of aryl methyl sites for hydroxylation is 1. The van der Waals surface area contributed by atoms with E-state index in [0.717, 1.165) is 22.1 Å². The quantitative estimate of drug-likeness (QED) is 0.272. The Bertz CT molecular complexity index is 926. The van der Waals surface area contributed by atoms with E-state index in [2.05, 4.69) is 10.2 Å². The number of nitro benzene ring substituents is 1. The number of rotatable bonds is 7. The Morgan fingerprint density at radius 2 is 2.00 bits per heavy atom. The molecule has 0 aliphatic rings. The Balaban J connectivity index is 1.59. The van der Waals surface area contributed by atoms with Gasteiger partial charge < -0.3 is 9.30 Å². The van der Waals surface area contributed by atoms with Crippen LogP contribution >= 0.6 is 11.8 Å². The molecule has 0 fully saturated rings. The first-order valence-corrected chi connectivity index (χ1v) is 9.00. The van der Waals surface area contributed by atoms with Crippen LogP contribution in [0.3, 0.4) is 0 Å². The van der Waals surface area contributed by atoms with E-state index >= 15 is 0 Å². The fraction of sp³-hybridized carbons (Fsp3) is 0.222. The molecular formula is C18H18N4O3S. The summed E-state index contributed by atoms with van der Waals surface area (Å²) in [5, 5.41) is 20.1. The number of hydrogen-bond acceptors (Lipinski definition) is 6. The number of nitrogens with zero attached hydrogens (tertiary/aromatic N) is 4. The molecule has 3 aromatic rings. The molecule has 0 aliphatic heterocycles. The van der Waals surface area contributed by atoms with Gasteiger partial charge in [0.1, 0.15) is 5.75 Å². The van der Waals surface area contributed by atoms with Gasteiger partial charge in [0.25, 0.3) is 5.69 Å². The van der Waals surface area contributed by atoms with Crippen molar-refractivity contribution in [1.82, 2.24) is 14.8 Å². The first-order valence-electron chi connectivity index (χ1n) is 8.01. The van der Waals surface area contributed by atoms with Gasteiger partial charge in [-0.2, -0.15) is 0 Å². The Kier molecular flexibility index (Phi) is 5.52. The summed E-state index contributed by atoms with van der Waals surface area (Å²) in [4.78, 5) is 10.3. The molecule has 0 saturated carbocycles. The first kappa shape index (κ1) is 17.9. The average molecular weight is 370 g/mol. The summed E-state index contributed by atoms with van der Waals surface area (Å²) in [7, 11) is 1.94. The van der Waals surface area contributed by atoms with E-state index in [-0.39, 0.29) is 5.69 Å². The fourth-order valence-electron chi connectivity index (χ4n) is 2.48. The number of benzene rings is 2. The van der Waals surface area contributed by atoms with Crippen LogP contribution in [0.2, 0.25) is 0 Å². The predicted octanol–water partition coefficient (Wildman–Crippen LogP) is 3.87. The molecule has 0 amide bonds. The van der Waals surface area contributed by atoms with Crippen molar-refractivity contribution in [3.8, 4) is 17.1 Å². The molecule has 1 aromatic heterocycles. The third-order valence-electron chi connectivity index (χ3n) is 3.83. The van der Waals surface area contributed by atoms with Crippen LogP contribution in [0, 0.1) is 17.0 Å². The van der Waals surface area contributed by atoms with Crippen LogP contribution in [0.15, 0.2) is 53.7 Å². The van der Waals surface area contributed by atoms with Crippen molar-refractivity contribution in [2.45, 2.75) is 12.1 Å². The maximum atomic E-state index is 10.8. The summed E-state index contributed by atoms with van der Waals surface area (Å²) in [6, 6.07) is 14.2. The zero-order valence-corrected chi connectivity index (χ0v) is 15.3. The zero-order chi connectivity index (χ0) is 18.5. The third kappa shape index (κ3) is 4.02. The van der Waals surface area contributed by atoms with Crippen molar-refractivity contribution in [1.29, 1.82) is 0 Å². The molecule has 0 atom stereocenters. The Morgan fingerprint density at radius 1 is 1.19 bits per heavy atom. The monoisotopic (exact) mass is 370 g/mol. The number of thioether (sulfide) groups is 1. The minimum Gasteiger partial charge on any atom is -0.492 e. The Labute approximate surface area is 155 Å². The number of hydrogen-bond donors (Lipinski definition) is 0. The van der Waals surface area contributed by atoms with Gasteiger partial charge >= 0.3 is 0 Å². The molecule has 1 heterocycles. The molecule has 3 rings (SSSR count). The highest BCUT2D eigenvalue weighted by molar-refractivity contribution is 7.99. The van der Waals surface area contributed by atoms with E-state index in [1.165, 1.54) is 23.9 Å². The zero-order valence-electron chi connectivity index (χ0n) is 14.5. The predicted molar refractivity (Wildman–Crippen MR) is 100 cm³/mol. The maximum Gasteiger partial charge on any atom is 0.273 e. The number of nitro groups is 1. The molecule has 0 N–H and O–H groups in total. The highest BCUT2D eigenvalue weighted by atomic mass is 32.2. The second kappa shape index (κ2) is 8.01. The van der Waals surface area contributed by atoms with E-state index in [4.69, 9.17) is 4.74 Å². The van der Waals surface area contributed by atoms with Crippen LogP contribution in [-0.4, -0.2) is 32.0 Å².